The van der Waals surface area contributed by atoms with Gasteiger partial charge in [-0.1, -0.05) is 29.8 Å². The summed E-state index contributed by atoms with van der Waals surface area (Å²) in [5, 5.41) is 0. The van der Waals surface area contributed by atoms with Crippen molar-refractivity contribution >= 4 is 16.5 Å². The lowest BCUT2D eigenvalue weighted by atomic mass is 10.1. The molecular weight excluding hydrogens is 254 g/mol. The van der Waals surface area contributed by atoms with E-state index in [0.717, 1.165) is 27.3 Å². The van der Waals surface area contributed by atoms with Crippen molar-refractivity contribution in [2.24, 2.45) is 0 Å². The van der Waals surface area contributed by atoms with E-state index in [2.05, 4.69) is 6.07 Å². The van der Waals surface area contributed by atoms with Crippen LogP contribution in [-0.2, 0) is 16.6 Å². The van der Waals surface area contributed by atoms with Gasteiger partial charge in [0, 0.05) is 10.6 Å². The van der Waals surface area contributed by atoms with Crippen molar-refractivity contribution in [2.45, 2.75) is 31.4 Å². The van der Waals surface area contributed by atoms with E-state index < -0.39 is 10.8 Å². The molecule has 0 amide bonds. The minimum absolute atomic E-state index is 0.515. The van der Waals surface area contributed by atoms with Crippen LogP contribution in [0.1, 0.15) is 22.3 Å². The number of hydrogen-bond donors (Lipinski definition) is 1. The van der Waals surface area contributed by atoms with Gasteiger partial charge in [-0.25, -0.2) is 0 Å². The zero-order chi connectivity index (χ0) is 14.0. The van der Waals surface area contributed by atoms with Gasteiger partial charge in [-0.05, 0) is 49.6 Å². The summed E-state index contributed by atoms with van der Waals surface area (Å²) in [6.07, 6.45) is 0. The third kappa shape index (κ3) is 3.04. The summed E-state index contributed by atoms with van der Waals surface area (Å²) in [6, 6.07) is 11.8. The van der Waals surface area contributed by atoms with Gasteiger partial charge in [0.15, 0.2) is 0 Å². The Kier molecular flexibility index (Phi) is 4.05. The fourth-order valence-corrected chi connectivity index (χ4v) is 3.52. The van der Waals surface area contributed by atoms with Crippen molar-refractivity contribution < 1.29 is 4.21 Å². The smallest absolute Gasteiger partial charge is 0.0576 e. The van der Waals surface area contributed by atoms with Gasteiger partial charge in [0.1, 0.15) is 0 Å². The number of aryl methyl sites for hydroxylation is 2. The number of nitrogens with two attached hydrogens (primary N) is 1. The van der Waals surface area contributed by atoms with Crippen LogP contribution in [0.3, 0.4) is 0 Å². The number of benzene rings is 2. The Balaban J connectivity index is 2.28. The van der Waals surface area contributed by atoms with Crippen LogP contribution in [0.4, 0.5) is 5.69 Å². The Morgan fingerprint density at radius 1 is 1.11 bits per heavy atom. The fourth-order valence-electron chi connectivity index (χ4n) is 2.13. The molecule has 2 nitrogen and oxygen atoms in total. The number of rotatable bonds is 3. The topological polar surface area (TPSA) is 43.1 Å². The van der Waals surface area contributed by atoms with Gasteiger partial charge in [-0.3, -0.25) is 4.21 Å². The molecule has 2 N–H and O–H groups in total. The van der Waals surface area contributed by atoms with E-state index in [1.54, 1.807) is 0 Å². The van der Waals surface area contributed by atoms with Crippen LogP contribution in [0.5, 0.6) is 0 Å². The van der Waals surface area contributed by atoms with Gasteiger partial charge in [0.05, 0.1) is 16.6 Å². The minimum Gasteiger partial charge on any atom is -0.399 e. The second-order valence-electron chi connectivity index (χ2n) is 4.89. The molecule has 3 heteroatoms. The van der Waals surface area contributed by atoms with Crippen LogP contribution in [0.2, 0.25) is 0 Å². The zero-order valence-corrected chi connectivity index (χ0v) is 12.4. The van der Waals surface area contributed by atoms with Crippen LogP contribution in [0.15, 0.2) is 41.3 Å². The predicted octanol–water partition coefficient (Wildman–Crippen LogP) is 3.50. The molecule has 1 unspecified atom stereocenters. The first-order valence-electron chi connectivity index (χ1n) is 6.28. The highest BCUT2D eigenvalue weighted by molar-refractivity contribution is 7.84. The van der Waals surface area contributed by atoms with Gasteiger partial charge in [0.25, 0.3) is 0 Å². The summed E-state index contributed by atoms with van der Waals surface area (Å²) in [5.74, 6) is 0.515. The zero-order valence-electron chi connectivity index (χ0n) is 11.6. The van der Waals surface area contributed by atoms with E-state index in [-0.39, 0.29) is 0 Å². The standard InChI is InChI=1S/C16H19NOS/c1-11-7-8-16(12(2)9-11)19(18)10-14-5-4-6-15(17)13(14)3/h4-9H,10,17H2,1-3H3. The molecule has 2 rings (SSSR count). The van der Waals surface area contributed by atoms with E-state index >= 15 is 0 Å². The van der Waals surface area contributed by atoms with E-state index in [9.17, 15) is 4.21 Å². The maximum absolute atomic E-state index is 12.5. The first-order chi connectivity index (χ1) is 8.99. The Bertz CT molecular complexity index is 635. The lowest BCUT2D eigenvalue weighted by molar-refractivity contribution is 0.682. The third-order valence-corrected chi connectivity index (χ3v) is 4.87. The SMILES string of the molecule is Cc1ccc(S(=O)Cc2cccc(N)c2C)c(C)c1. The summed E-state index contributed by atoms with van der Waals surface area (Å²) in [7, 11) is -1.03. The van der Waals surface area contributed by atoms with Crippen molar-refractivity contribution in [3.05, 3.63) is 58.7 Å². The highest BCUT2D eigenvalue weighted by atomic mass is 32.2. The van der Waals surface area contributed by atoms with Crippen LogP contribution >= 0.6 is 0 Å². The maximum Gasteiger partial charge on any atom is 0.0576 e. The quantitative estimate of drug-likeness (QED) is 0.870. The third-order valence-electron chi connectivity index (χ3n) is 3.35. The summed E-state index contributed by atoms with van der Waals surface area (Å²) in [6.45, 7) is 6.03. The lowest BCUT2D eigenvalue weighted by Crippen LogP contribution is -2.02. The monoisotopic (exact) mass is 273 g/mol. The van der Waals surface area contributed by atoms with Gasteiger partial charge in [-0.15, -0.1) is 0 Å². The maximum atomic E-state index is 12.5. The highest BCUT2D eigenvalue weighted by Gasteiger charge is 2.10. The molecule has 1 atom stereocenters. The van der Waals surface area contributed by atoms with E-state index in [0.29, 0.717) is 5.75 Å². The molecule has 2 aromatic rings. The molecule has 2 aromatic carbocycles. The molecule has 0 bridgehead atoms. The van der Waals surface area contributed by atoms with E-state index in [1.807, 2.05) is 51.1 Å². The molecule has 100 valence electrons. The molecule has 0 saturated carbocycles. The number of anilines is 1. The van der Waals surface area contributed by atoms with Crippen molar-refractivity contribution in [1.82, 2.24) is 0 Å². The lowest BCUT2D eigenvalue weighted by Gasteiger charge is -2.10. The second-order valence-corrected chi connectivity index (χ2v) is 6.31. The summed E-state index contributed by atoms with van der Waals surface area (Å²) in [5.41, 5.74) is 11.0. The van der Waals surface area contributed by atoms with Gasteiger partial charge in [-0.2, -0.15) is 0 Å². The van der Waals surface area contributed by atoms with Gasteiger partial charge >= 0.3 is 0 Å². The number of hydrogen-bond acceptors (Lipinski definition) is 2. The van der Waals surface area contributed by atoms with E-state index in [1.165, 1.54) is 5.56 Å². The molecule has 0 aliphatic heterocycles. The Morgan fingerprint density at radius 3 is 2.53 bits per heavy atom. The largest absolute Gasteiger partial charge is 0.399 e. The Morgan fingerprint density at radius 2 is 1.84 bits per heavy atom. The van der Waals surface area contributed by atoms with Crippen molar-refractivity contribution in [1.29, 1.82) is 0 Å². The van der Waals surface area contributed by atoms with Gasteiger partial charge < -0.3 is 5.73 Å². The minimum atomic E-state index is -1.03. The average molecular weight is 273 g/mol. The normalized spacial score (nSPS) is 12.4. The Hall–Kier alpha value is -1.61. The van der Waals surface area contributed by atoms with Crippen LogP contribution in [0, 0.1) is 20.8 Å². The Labute approximate surface area is 117 Å². The first-order valence-corrected chi connectivity index (χ1v) is 7.60. The second kappa shape index (κ2) is 5.57. The van der Waals surface area contributed by atoms with Crippen molar-refractivity contribution in [3.8, 4) is 0 Å². The molecule has 19 heavy (non-hydrogen) atoms. The molecule has 0 heterocycles. The summed E-state index contributed by atoms with van der Waals surface area (Å²) in [4.78, 5) is 0.910. The molecule has 0 saturated heterocycles. The highest BCUT2D eigenvalue weighted by Crippen LogP contribution is 2.21. The first kappa shape index (κ1) is 13.8. The summed E-state index contributed by atoms with van der Waals surface area (Å²) >= 11 is 0. The summed E-state index contributed by atoms with van der Waals surface area (Å²) < 4.78 is 12.5. The molecule has 0 radical (unpaired) electrons. The predicted molar refractivity (Wildman–Crippen MR) is 81.6 cm³/mol. The molecule has 0 aliphatic rings. The molecule has 0 aliphatic carbocycles. The molecular formula is C16H19NOS. The molecule has 0 spiro atoms. The number of nitrogen functional groups attached to an aromatic ring is 1. The van der Waals surface area contributed by atoms with Gasteiger partial charge in [0.2, 0.25) is 0 Å². The van der Waals surface area contributed by atoms with Crippen molar-refractivity contribution in [2.75, 3.05) is 5.73 Å². The molecule has 0 fully saturated rings. The van der Waals surface area contributed by atoms with Crippen molar-refractivity contribution in [3.63, 3.8) is 0 Å². The van der Waals surface area contributed by atoms with Crippen LogP contribution in [0.25, 0.3) is 0 Å². The average Bonchev–Trinajstić information content (AvgIpc) is 2.34. The fraction of sp³-hybridized carbons (Fsp3) is 0.250. The van der Waals surface area contributed by atoms with Crippen LogP contribution < -0.4 is 5.73 Å². The van der Waals surface area contributed by atoms with Crippen LogP contribution in [-0.4, -0.2) is 4.21 Å². The van der Waals surface area contributed by atoms with E-state index in [4.69, 9.17) is 5.73 Å². The molecule has 0 aromatic heterocycles.